The first kappa shape index (κ1) is 21.0. The minimum absolute atomic E-state index is 0.0533. The lowest BCUT2D eigenvalue weighted by Gasteiger charge is -2.15. The Balaban J connectivity index is 1.92. The van der Waals surface area contributed by atoms with Crippen LogP contribution in [0, 0.1) is 6.92 Å². The first-order valence-corrected chi connectivity index (χ1v) is 8.88. The molecule has 9 nitrogen and oxygen atoms in total. The van der Waals surface area contributed by atoms with Gasteiger partial charge in [0.15, 0.2) is 11.6 Å². The molecule has 0 aromatic carbocycles. The van der Waals surface area contributed by atoms with Gasteiger partial charge in [-0.1, -0.05) is 0 Å². The Kier molecular flexibility index (Phi) is 6.09. The summed E-state index contributed by atoms with van der Waals surface area (Å²) < 4.78 is 33.1. The lowest BCUT2D eigenvalue weighted by atomic mass is 10.3. The van der Waals surface area contributed by atoms with Gasteiger partial charge in [-0.25, -0.2) is 24.9 Å². The average molecular weight is 415 g/mol. The number of rotatable bonds is 7. The second kappa shape index (κ2) is 8.72. The fourth-order valence-electron chi connectivity index (χ4n) is 2.42. The predicted molar refractivity (Wildman–Crippen MR) is 105 cm³/mol. The minimum atomic E-state index is -3.20. The zero-order valence-electron chi connectivity index (χ0n) is 16.5. The molecule has 0 bridgehead atoms. The van der Waals surface area contributed by atoms with Crippen LogP contribution in [0.5, 0.6) is 5.75 Å². The first-order valence-electron chi connectivity index (χ1n) is 8.88. The van der Waals surface area contributed by atoms with Crippen LogP contribution in [0.3, 0.4) is 0 Å². The molecule has 0 aliphatic rings. The SMILES string of the molecule is CC(=O)Nc1cc(Nc2cc(C)nc(C(C)(F)F)n2)c(OCc2ncccn2)cn1. The summed E-state index contributed by atoms with van der Waals surface area (Å²) in [5, 5.41) is 5.49. The van der Waals surface area contributed by atoms with E-state index in [1.54, 1.807) is 25.4 Å². The summed E-state index contributed by atoms with van der Waals surface area (Å²) in [6.07, 6.45) is 4.55. The number of anilines is 3. The highest BCUT2D eigenvalue weighted by atomic mass is 19.3. The molecule has 3 aromatic rings. The van der Waals surface area contributed by atoms with Crippen LogP contribution < -0.4 is 15.4 Å². The Bertz CT molecular complexity index is 1040. The molecule has 0 spiro atoms. The lowest BCUT2D eigenvalue weighted by molar-refractivity contribution is -0.114. The van der Waals surface area contributed by atoms with Crippen molar-refractivity contribution >= 4 is 23.2 Å². The molecule has 0 radical (unpaired) electrons. The maximum absolute atomic E-state index is 13.7. The lowest BCUT2D eigenvalue weighted by Crippen LogP contribution is -2.15. The van der Waals surface area contributed by atoms with E-state index >= 15 is 0 Å². The third-order valence-electron chi connectivity index (χ3n) is 3.66. The maximum Gasteiger partial charge on any atom is 0.303 e. The summed E-state index contributed by atoms with van der Waals surface area (Å²) in [5.41, 5.74) is 0.716. The molecule has 3 heterocycles. The molecule has 3 aromatic heterocycles. The van der Waals surface area contributed by atoms with Crippen LogP contribution in [0.25, 0.3) is 0 Å². The minimum Gasteiger partial charge on any atom is -0.482 e. The molecule has 0 aliphatic heterocycles. The molecule has 0 unspecified atom stereocenters. The quantitative estimate of drug-likeness (QED) is 0.604. The Morgan fingerprint density at radius 2 is 1.87 bits per heavy atom. The summed E-state index contributed by atoms with van der Waals surface area (Å²) in [6.45, 7) is 3.70. The zero-order valence-corrected chi connectivity index (χ0v) is 16.5. The topological polar surface area (TPSA) is 115 Å². The Morgan fingerprint density at radius 1 is 1.13 bits per heavy atom. The van der Waals surface area contributed by atoms with E-state index in [1.165, 1.54) is 25.3 Å². The summed E-state index contributed by atoms with van der Waals surface area (Å²) in [6, 6.07) is 4.69. The van der Waals surface area contributed by atoms with Crippen molar-refractivity contribution in [3.63, 3.8) is 0 Å². The zero-order chi connectivity index (χ0) is 21.7. The molecular weight excluding hydrogens is 396 g/mol. The number of nitrogens with zero attached hydrogens (tertiary/aromatic N) is 5. The van der Waals surface area contributed by atoms with Gasteiger partial charge in [-0.15, -0.1) is 0 Å². The summed E-state index contributed by atoms with van der Waals surface area (Å²) in [7, 11) is 0. The molecule has 0 fully saturated rings. The van der Waals surface area contributed by atoms with Crippen molar-refractivity contribution in [1.82, 2.24) is 24.9 Å². The smallest absolute Gasteiger partial charge is 0.303 e. The number of carbonyl (C=O) groups is 1. The predicted octanol–water partition coefficient (Wildman–Crippen LogP) is 3.36. The van der Waals surface area contributed by atoms with Crippen molar-refractivity contribution in [2.24, 2.45) is 0 Å². The van der Waals surface area contributed by atoms with E-state index < -0.39 is 11.7 Å². The molecule has 1 amide bonds. The fourth-order valence-corrected chi connectivity index (χ4v) is 2.42. The number of hydrogen-bond donors (Lipinski definition) is 2. The summed E-state index contributed by atoms with van der Waals surface area (Å²) in [4.78, 5) is 31.3. The molecule has 3 rings (SSSR count). The van der Waals surface area contributed by atoms with Gasteiger partial charge in [-0.05, 0) is 13.0 Å². The van der Waals surface area contributed by atoms with Gasteiger partial charge in [0.1, 0.15) is 18.2 Å². The molecule has 30 heavy (non-hydrogen) atoms. The van der Waals surface area contributed by atoms with Gasteiger partial charge in [-0.2, -0.15) is 8.78 Å². The Labute approximate surface area is 171 Å². The van der Waals surface area contributed by atoms with E-state index in [1.807, 2.05) is 0 Å². The van der Waals surface area contributed by atoms with E-state index in [9.17, 15) is 13.6 Å². The fraction of sp³-hybridized carbons (Fsp3) is 0.263. The van der Waals surface area contributed by atoms with Crippen molar-refractivity contribution in [3.8, 4) is 5.75 Å². The van der Waals surface area contributed by atoms with Gasteiger partial charge >= 0.3 is 5.92 Å². The number of pyridine rings is 1. The number of halogens is 2. The molecule has 156 valence electrons. The van der Waals surface area contributed by atoms with Crippen LogP contribution in [-0.4, -0.2) is 30.8 Å². The number of aromatic nitrogens is 5. The second-order valence-corrected chi connectivity index (χ2v) is 6.43. The number of ether oxygens (including phenoxy) is 1. The molecule has 0 aliphatic carbocycles. The molecule has 11 heteroatoms. The average Bonchev–Trinajstić information content (AvgIpc) is 2.66. The van der Waals surface area contributed by atoms with E-state index in [2.05, 4.69) is 35.6 Å². The Hall–Kier alpha value is -3.76. The van der Waals surface area contributed by atoms with Crippen LogP contribution in [-0.2, 0) is 17.3 Å². The highest BCUT2D eigenvalue weighted by Crippen LogP contribution is 2.31. The maximum atomic E-state index is 13.7. The normalized spacial score (nSPS) is 11.1. The number of carbonyl (C=O) groups excluding carboxylic acids is 1. The van der Waals surface area contributed by atoms with Gasteiger partial charge in [0.05, 0.1) is 11.9 Å². The van der Waals surface area contributed by atoms with Crippen molar-refractivity contribution in [3.05, 3.63) is 54.1 Å². The highest BCUT2D eigenvalue weighted by molar-refractivity contribution is 5.88. The van der Waals surface area contributed by atoms with Crippen molar-refractivity contribution in [1.29, 1.82) is 0 Å². The van der Waals surface area contributed by atoms with Crippen molar-refractivity contribution in [2.75, 3.05) is 10.6 Å². The van der Waals surface area contributed by atoms with E-state index in [-0.39, 0.29) is 29.9 Å². The van der Waals surface area contributed by atoms with Crippen LogP contribution in [0.1, 0.15) is 31.2 Å². The number of hydrogen-bond acceptors (Lipinski definition) is 8. The van der Waals surface area contributed by atoms with Gasteiger partial charge in [0.2, 0.25) is 11.7 Å². The van der Waals surface area contributed by atoms with E-state index in [0.717, 1.165) is 6.92 Å². The van der Waals surface area contributed by atoms with Gasteiger partial charge in [-0.3, -0.25) is 4.79 Å². The third-order valence-corrected chi connectivity index (χ3v) is 3.66. The van der Waals surface area contributed by atoms with Crippen LogP contribution in [0.2, 0.25) is 0 Å². The van der Waals surface area contributed by atoms with Crippen molar-refractivity contribution < 1.29 is 18.3 Å². The standard InChI is InChI=1S/C19H19F2N7O2/c1-11-7-16(28-18(25-11)19(3,20)21)27-13-8-15(26-12(2)29)24-9-14(13)30-10-17-22-5-4-6-23-17/h4-9H,10H2,1-3H3,(H2,24,25,26,27,28,29). The van der Waals surface area contributed by atoms with Crippen LogP contribution >= 0.6 is 0 Å². The van der Waals surface area contributed by atoms with Gasteiger partial charge < -0.3 is 15.4 Å². The number of aryl methyl sites for hydroxylation is 1. The summed E-state index contributed by atoms with van der Waals surface area (Å²) in [5.74, 6) is -3.00. The summed E-state index contributed by atoms with van der Waals surface area (Å²) >= 11 is 0. The van der Waals surface area contributed by atoms with Crippen LogP contribution in [0.15, 0.2) is 36.8 Å². The van der Waals surface area contributed by atoms with Gasteiger partial charge in [0.25, 0.3) is 0 Å². The van der Waals surface area contributed by atoms with Crippen molar-refractivity contribution in [2.45, 2.75) is 33.3 Å². The third kappa shape index (κ3) is 5.63. The molecule has 0 saturated carbocycles. The number of alkyl halides is 2. The second-order valence-electron chi connectivity index (χ2n) is 6.43. The molecule has 0 saturated heterocycles. The monoisotopic (exact) mass is 415 g/mol. The highest BCUT2D eigenvalue weighted by Gasteiger charge is 2.29. The molecular formula is C19H19F2N7O2. The molecule has 0 atom stereocenters. The Morgan fingerprint density at radius 3 is 2.53 bits per heavy atom. The number of amides is 1. The largest absolute Gasteiger partial charge is 0.482 e. The van der Waals surface area contributed by atoms with E-state index in [0.29, 0.717) is 17.2 Å². The molecule has 2 N–H and O–H groups in total. The van der Waals surface area contributed by atoms with Crippen LogP contribution in [0.4, 0.5) is 26.1 Å². The first-order chi connectivity index (χ1) is 14.2. The van der Waals surface area contributed by atoms with Gasteiger partial charge in [0, 0.05) is 44.1 Å². The number of nitrogens with one attached hydrogen (secondary N) is 2. The van der Waals surface area contributed by atoms with E-state index in [4.69, 9.17) is 4.74 Å².